The number of fused-ring (bicyclic) bond motifs is 1. The van der Waals surface area contributed by atoms with Gasteiger partial charge in [0.15, 0.2) is 0 Å². The topological polar surface area (TPSA) is 115 Å². The zero-order valence-electron chi connectivity index (χ0n) is 17.8. The van der Waals surface area contributed by atoms with E-state index in [-0.39, 0.29) is 23.7 Å². The van der Waals surface area contributed by atoms with E-state index in [9.17, 15) is 19.2 Å². The van der Waals surface area contributed by atoms with Crippen molar-refractivity contribution in [3.05, 3.63) is 79.1 Å². The average molecular weight is 491 g/mol. The third-order valence-electron chi connectivity index (χ3n) is 4.92. The summed E-state index contributed by atoms with van der Waals surface area (Å²) < 4.78 is 10.5. The van der Waals surface area contributed by atoms with Gasteiger partial charge in [-0.25, -0.2) is 4.79 Å². The van der Waals surface area contributed by atoms with Gasteiger partial charge in [0, 0.05) is 22.0 Å². The molecule has 1 aromatic heterocycles. The zero-order valence-corrected chi connectivity index (χ0v) is 19.3. The van der Waals surface area contributed by atoms with E-state index in [1.165, 1.54) is 24.3 Å². The Morgan fingerprint density at radius 3 is 2.48 bits per heavy atom. The highest BCUT2D eigenvalue weighted by atomic mass is 35.5. The number of rotatable bonds is 7. The summed E-state index contributed by atoms with van der Waals surface area (Å²) in [5, 5.41) is 5.94. The Bertz CT molecular complexity index is 1300. The molecule has 3 aromatic rings. The van der Waals surface area contributed by atoms with Gasteiger partial charge < -0.3 is 19.8 Å². The van der Waals surface area contributed by atoms with Gasteiger partial charge in [-0.05, 0) is 43.2 Å². The molecule has 0 aliphatic rings. The van der Waals surface area contributed by atoms with Crippen LogP contribution >= 0.6 is 23.2 Å². The standard InChI is InChI=1S/C23H20Cl2N2O6/c1-12-3-5-16-14(7-20(29)33-22(16)13(12)2)11-32-21(30)10-26-19(28)9-27-23(31)17-6-4-15(24)8-18(17)25/h3-8H,9-11H2,1-2H3,(H,26,28)(H,27,31). The molecular formula is C23H20Cl2N2O6. The second-order valence-electron chi connectivity index (χ2n) is 7.22. The number of hydrogen-bond acceptors (Lipinski definition) is 6. The number of carbonyl (C=O) groups excluding carboxylic acids is 3. The molecule has 0 saturated heterocycles. The lowest BCUT2D eigenvalue weighted by Gasteiger charge is -2.10. The van der Waals surface area contributed by atoms with Crippen LogP contribution in [0.25, 0.3) is 11.0 Å². The molecule has 0 radical (unpaired) electrons. The summed E-state index contributed by atoms with van der Waals surface area (Å²) in [7, 11) is 0. The second kappa shape index (κ2) is 10.5. The first-order chi connectivity index (χ1) is 15.7. The van der Waals surface area contributed by atoms with Crippen LogP contribution in [-0.4, -0.2) is 30.9 Å². The molecule has 0 atom stereocenters. The molecule has 0 bridgehead atoms. The molecule has 33 heavy (non-hydrogen) atoms. The summed E-state index contributed by atoms with van der Waals surface area (Å²) in [6.45, 7) is 2.80. The molecule has 0 saturated carbocycles. The van der Waals surface area contributed by atoms with E-state index in [2.05, 4.69) is 10.6 Å². The van der Waals surface area contributed by atoms with Gasteiger partial charge in [0.1, 0.15) is 18.7 Å². The van der Waals surface area contributed by atoms with Crippen LogP contribution < -0.4 is 16.3 Å². The van der Waals surface area contributed by atoms with Crippen LogP contribution in [0.15, 0.2) is 45.6 Å². The molecule has 172 valence electrons. The average Bonchev–Trinajstić information content (AvgIpc) is 2.77. The first-order valence-electron chi connectivity index (χ1n) is 9.84. The Kier molecular flexibility index (Phi) is 7.73. The molecule has 0 fully saturated rings. The van der Waals surface area contributed by atoms with Crippen molar-refractivity contribution in [2.75, 3.05) is 13.1 Å². The number of hydrogen-bond donors (Lipinski definition) is 2. The molecule has 0 unspecified atom stereocenters. The third-order valence-corrected chi connectivity index (χ3v) is 5.47. The molecule has 3 rings (SSSR count). The summed E-state index contributed by atoms with van der Waals surface area (Å²) in [5.74, 6) is -1.86. The lowest BCUT2D eigenvalue weighted by Crippen LogP contribution is -2.39. The SMILES string of the molecule is Cc1ccc2c(COC(=O)CNC(=O)CNC(=O)c3ccc(Cl)cc3Cl)cc(=O)oc2c1C. The van der Waals surface area contributed by atoms with Gasteiger partial charge in [-0.3, -0.25) is 14.4 Å². The highest BCUT2D eigenvalue weighted by Crippen LogP contribution is 2.24. The minimum Gasteiger partial charge on any atom is -0.459 e. The van der Waals surface area contributed by atoms with Crippen LogP contribution in [0.1, 0.15) is 27.0 Å². The highest BCUT2D eigenvalue weighted by Gasteiger charge is 2.14. The minimum absolute atomic E-state index is 0.150. The normalized spacial score (nSPS) is 10.7. The number of aryl methyl sites for hydroxylation is 2. The maximum Gasteiger partial charge on any atom is 0.336 e. The molecule has 2 N–H and O–H groups in total. The van der Waals surface area contributed by atoms with Crippen molar-refractivity contribution in [3.63, 3.8) is 0 Å². The van der Waals surface area contributed by atoms with Crippen molar-refractivity contribution in [2.45, 2.75) is 20.5 Å². The lowest BCUT2D eigenvalue weighted by atomic mass is 10.0. The molecule has 8 nitrogen and oxygen atoms in total. The molecule has 2 amide bonds. The van der Waals surface area contributed by atoms with Crippen LogP contribution in [-0.2, 0) is 20.9 Å². The number of nitrogens with one attached hydrogen (secondary N) is 2. The second-order valence-corrected chi connectivity index (χ2v) is 8.06. The predicted molar refractivity (Wildman–Crippen MR) is 124 cm³/mol. The predicted octanol–water partition coefficient (Wildman–Crippen LogP) is 3.31. The van der Waals surface area contributed by atoms with Crippen LogP contribution in [0.3, 0.4) is 0 Å². The largest absolute Gasteiger partial charge is 0.459 e. The molecule has 0 aliphatic heterocycles. The third kappa shape index (κ3) is 6.12. The zero-order chi connectivity index (χ0) is 24.1. The molecule has 10 heteroatoms. The first kappa shape index (κ1) is 24.3. The van der Waals surface area contributed by atoms with Crippen molar-refractivity contribution in [1.82, 2.24) is 10.6 Å². The fourth-order valence-electron chi connectivity index (χ4n) is 3.02. The van der Waals surface area contributed by atoms with E-state index in [4.69, 9.17) is 32.4 Å². The van der Waals surface area contributed by atoms with Gasteiger partial charge in [-0.15, -0.1) is 0 Å². The summed E-state index contributed by atoms with van der Waals surface area (Å²) >= 11 is 11.7. The monoisotopic (exact) mass is 490 g/mol. The van der Waals surface area contributed by atoms with Crippen molar-refractivity contribution >= 4 is 52.0 Å². The molecular weight excluding hydrogens is 471 g/mol. The van der Waals surface area contributed by atoms with E-state index in [0.29, 0.717) is 21.6 Å². The number of ether oxygens (including phenoxy) is 1. The van der Waals surface area contributed by atoms with Crippen molar-refractivity contribution < 1.29 is 23.5 Å². The number of esters is 1. The molecule has 1 heterocycles. The van der Waals surface area contributed by atoms with E-state index < -0.39 is 30.0 Å². The Labute approximate surface area is 198 Å². The lowest BCUT2D eigenvalue weighted by molar-refractivity contribution is -0.145. The molecule has 0 aliphatic carbocycles. The smallest absolute Gasteiger partial charge is 0.336 e. The Morgan fingerprint density at radius 1 is 1.00 bits per heavy atom. The first-order valence-corrected chi connectivity index (χ1v) is 10.6. The van der Waals surface area contributed by atoms with E-state index in [1.807, 2.05) is 19.9 Å². The fraction of sp³-hybridized carbons (Fsp3) is 0.217. The van der Waals surface area contributed by atoms with Crippen LogP contribution in [0.2, 0.25) is 10.0 Å². The summed E-state index contributed by atoms with van der Waals surface area (Å²) in [4.78, 5) is 48.0. The van der Waals surface area contributed by atoms with Crippen molar-refractivity contribution in [1.29, 1.82) is 0 Å². The van der Waals surface area contributed by atoms with E-state index in [1.54, 1.807) is 6.07 Å². The maximum atomic E-state index is 12.1. The number of benzene rings is 2. The van der Waals surface area contributed by atoms with Crippen LogP contribution in [0, 0.1) is 13.8 Å². The number of halogens is 2. The molecule has 0 spiro atoms. The highest BCUT2D eigenvalue weighted by molar-refractivity contribution is 6.36. The van der Waals surface area contributed by atoms with Gasteiger partial charge in [-0.2, -0.15) is 0 Å². The quantitative estimate of drug-likeness (QED) is 0.387. The van der Waals surface area contributed by atoms with Gasteiger partial charge in [0.2, 0.25) is 5.91 Å². The number of amides is 2. The minimum atomic E-state index is -0.708. The Morgan fingerprint density at radius 2 is 1.76 bits per heavy atom. The van der Waals surface area contributed by atoms with Gasteiger partial charge in [0.25, 0.3) is 5.91 Å². The summed E-state index contributed by atoms with van der Waals surface area (Å²) in [6.07, 6.45) is 0. The van der Waals surface area contributed by atoms with E-state index in [0.717, 1.165) is 11.1 Å². The molecule has 2 aromatic carbocycles. The van der Waals surface area contributed by atoms with E-state index >= 15 is 0 Å². The maximum absolute atomic E-state index is 12.1. The fourth-order valence-corrected chi connectivity index (χ4v) is 3.51. The van der Waals surface area contributed by atoms with Crippen molar-refractivity contribution in [2.24, 2.45) is 0 Å². The van der Waals surface area contributed by atoms with Crippen LogP contribution in [0.5, 0.6) is 0 Å². The van der Waals surface area contributed by atoms with Gasteiger partial charge in [-0.1, -0.05) is 35.3 Å². The van der Waals surface area contributed by atoms with Crippen molar-refractivity contribution in [3.8, 4) is 0 Å². The number of carbonyl (C=O) groups is 3. The Balaban J connectivity index is 1.51. The Hall–Kier alpha value is -3.36. The summed E-state index contributed by atoms with van der Waals surface area (Å²) in [6, 6.07) is 9.29. The van der Waals surface area contributed by atoms with Crippen LogP contribution in [0.4, 0.5) is 0 Å². The summed E-state index contributed by atoms with van der Waals surface area (Å²) in [5.41, 5.74) is 2.35. The van der Waals surface area contributed by atoms with Gasteiger partial charge in [0.05, 0.1) is 17.1 Å². The van der Waals surface area contributed by atoms with Gasteiger partial charge >= 0.3 is 11.6 Å².